The number of guanidine groups is 1. The molecule has 29 heavy (non-hydrogen) atoms. The molecule has 8 nitrogen and oxygen atoms in total. The second-order valence-electron chi connectivity index (χ2n) is 8.67. The van der Waals surface area contributed by atoms with Gasteiger partial charge in [-0.05, 0) is 32.1 Å². The molecule has 0 spiro atoms. The molecule has 0 aromatic carbocycles. The number of nitrogens with one attached hydrogen (secondary N) is 2. The number of hydrogen-bond donors (Lipinski definition) is 2. The van der Waals surface area contributed by atoms with Crippen molar-refractivity contribution < 1.29 is 4.79 Å². The Hall–Kier alpha value is -2.12. The van der Waals surface area contributed by atoms with Crippen LogP contribution in [0.3, 0.4) is 0 Å². The van der Waals surface area contributed by atoms with Crippen molar-refractivity contribution in [3.05, 3.63) is 11.6 Å². The molecule has 3 heterocycles. The van der Waals surface area contributed by atoms with Crippen LogP contribution >= 0.6 is 0 Å². The minimum Gasteiger partial charge on any atom is -0.352 e. The first-order chi connectivity index (χ1) is 14.2. The van der Waals surface area contributed by atoms with Crippen LogP contribution in [0.5, 0.6) is 0 Å². The van der Waals surface area contributed by atoms with Crippen LogP contribution in [-0.4, -0.2) is 57.7 Å². The topological polar surface area (TPSA) is 87.4 Å². The molecule has 1 aliphatic carbocycles. The lowest BCUT2D eigenvalue weighted by molar-refractivity contribution is -0.135. The average molecular weight is 402 g/mol. The summed E-state index contributed by atoms with van der Waals surface area (Å²) in [5, 5.41) is 15.6. The normalized spacial score (nSPS) is 23.6. The third-order valence-corrected chi connectivity index (χ3v) is 6.62. The molecule has 2 N–H and O–H groups in total. The lowest BCUT2D eigenvalue weighted by atomic mass is 9.88. The van der Waals surface area contributed by atoms with Gasteiger partial charge in [-0.2, -0.15) is 0 Å². The Bertz CT molecular complexity index is 723. The Morgan fingerprint density at radius 1 is 1.07 bits per heavy atom. The van der Waals surface area contributed by atoms with Gasteiger partial charge in [0.25, 0.3) is 0 Å². The Balaban J connectivity index is 1.27. The van der Waals surface area contributed by atoms with Gasteiger partial charge in [0.15, 0.2) is 11.8 Å². The monoisotopic (exact) mass is 401 g/mol. The zero-order valence-corrected chi connectivity index (χ0v) is 17.7. The molecule has 1 saturated heterocycles. The first-order valence-electron chi connectivity index (χ1n) is 11.4. The van der Waals surface area contributed by atoms with Crippen LogP contribution in [0, 0.1) is 5.92 Å². The largest absolute Gasteiger partial charge is 0.352 e. The SMILES string of the molecule is CN=C(NCc1nnc2n1CCCCC2)NC1CCN(C(=O)C2CCCCC2)C1. The Kier molecular flexibility index (Phi) is 6.67. The summed E-state index contributed by atoms with van der Waals surface area (Å²) >= 11 is 0. The van der Waals surface area contributed by atoms with Crippen LogP contribution in [0.2, 0.25) is 0 Å². The van der Waals surface area contributed by atoms with Gasteiger partial charge in [0, 0.05) is 45.1 Å². The number of rotatable bonds is 4. The van der Waals surface area contributed by atoms with E-state index in [4.69, 9.17) is 0 Å². The number of carbonyl (C=O) groups excluding carboxylic acids is 1. The van der Waals surface area contributed by atoms with Crippen molar-refractivity contribution in [2.75, 3.05) is 20.1 Å². The third-order valence-electron chi connectivity index (χ3n) is 6.62. The molecule has 2 aliphatic heterocycles. The van der Waals surface area contributed by atoms with Crippen molar-refractivity contribution in [2.45, 2.75) is 83.3 Å². The minimum atomic E-state index is 0.253. The minimum absolute atomic E-state index is 0.253. The summed E-state index contributed by atoms with van der Waals surface area (Å²) < 4.78 is 2.26. The number of aryl methyl sites for hydroxylation is 1. The zero-order chi connectivity index (χ0) is 20.1. The molecule has 1 saturated carbocycles. The van der Waals surface area contributed by atoms with Crippen molar-refractivity contribution in [2.24, 2.45) is 10.9 Å². The van der Waals surface area contributed by atoms with Crippen LogP contribution in [0.25, 0.3) is 0 Å². The number of amides is 1. The molecule has 4 rings (SSSR count). The van der Waals surface area contributed by atoms with Crippen LogP contribution < -0.4 is 10.6 Å². The second-order valence-corrected chi connectivity index (χ2v) is 8.67. The summed E-state index contributed by atoms with van der Waals surface area (Å²) in [6, 6.07) is 0.254. The van der Waals surface area contributed by atoms with Gasteiger partial charge in [-0.25, -0.2) is 0 Å². The van der Waals surface area contributed by atoms with Gasteiger partial charge in [0.05, 0.1) is 6.54 Å². The Labute approximate surface area is 173 Å². The Morgan fingerprint density at radius 2 is 1.90 bits per heavy atom. The molecule has 1 aromatic rings. The third kappa shape index (κ3) is 4.90. The van der Waals surface area contributed by atoms with Crippen molar-refractivity contribution in [1.29, 1.82) is 0 Å². The van der Waals surface area contributed by atoms with E-state index in [1.165, 1.54) is 38.5 Å². The predicted molar refractivity (Wildman–Crippen MR) is 112 cm³/mol. The number of aliphatic imine (C=N–C) groups is 1. The first-order valence-corrected chi connectivity index (χ1v) is 11.4. The van der Waals surface area contributed by atoms with E-state index in [-0.39, 0.29) is 12.0 Å². The summed E-state index contributed by atoms with van der Waals surface area (Å²) in [5.41, 5.74) is 0. The van der Waals surface area contributed by atoms with Crippen LogP contribution in [-0.2, 0) is 24.3 Å². The molecule has 0 radical (unpaired) electrons. The fraction of sp³-hybridized carbons (Fsp3) is 0.810. The summed E-state index contributed by atoms with van der Waals surface area (Å²) in [5.74, 6) is 3.47. The van der Waals surface area contributed by atoms with E-state index in [1.54, 1.807) is 7.05 Å². The van der Waals surface area contributed by atoms with Crippen molar-refractivity contribution >= 4 is 11.9 Å². The van der Waals surface area contributed by atoms with Crippen molar-refractivity contribution in [1.82, 2.24) is 30.3 Å². The summed E-state index contributed by atoms with van der Waals surface area (Å²) in [7, 11) is 1.79. The van der Waals surface area contributed by atoms with Gasteiger partial charge < -0.3 is 20.1 Å². The molecule has 8 heteroatoms. The molecule has 1 atom stereocenters. The van der Waals surface area contributed by atoms with Gasteiger partial charge >= 0.3 is 0 Å². The highest BCUT2D eigenvalue weighted by atomic mass is 16.2. The molecule has 1 unspecified atom stereocenters. The molecule has 2 fully saturated rings. The number of likely N-dealkylation sites (tertiary alicyclic amines) is 1. The number of hydrogen-bond acceptors (Lipinski definition) is 4. The van der Waals surface area contributed by atoms with Crippen LogP contribution in [0.1, 0.15) is 69.4 Å². The number of nitrogens with zero attached hydrogens (tertiary/aromatic N) is 5. The van der Waals surface area contributed by atoms with E-state index >= 15 is 0 Å². The van der Waals surface area contributed by atoms with E-state index < -0.39 is 0 Å². The molecule has 1 amide bonds. The van der Waals surface area contributed by atoms with E-state index in [9.17, 15) is 4.79 Å². The predicted octanol–water partition coefficient (Wildman–Crippen LogP) is 1.85. The highest BCUT2D eigenvalue weighted by Crippen LogP contribution is 2.26. The maximum atomic E-state index is 12.8. The maximum Gasteiger partial charge on any atom is 0.225 e. The fourth-order valence-corrected chi connectivity index (χ4v) is 4.91. The first kappa shape index (κ1) is 20.2. The Morgan fingerprint density at radius 3 is 2.72 bits per heavy atom. The molecular formula is C21H35N7O. The molecule has 160 valence electrons. The van der Waals surface area contributed by atoms with E-state index in [0.29, 0.717) is 12.5 Å². The quantitative estimate of drug-likeness (QED) is 0.594. The van der Waals surface area contributed by atoms with E-state index in [1.807, 2.05) is 0 Å². The van der Waals surface area contributed by atoms with Crippen LogP contribution in [0.15, 0.2) is 4.99 Å². The molecule has 1 aromatic heterocycles. The smallest absolute Gasteiger partial charge is 0.225 e. The molecular weight excluding hydrogens is 366 g/mol. The summed E-state index contributed by atoms with van der Waals surface area (Å²) in [6.45, 7) is 3.24. The average Bonchev–Trinajstić information content (AvgIpc) is 3.31. The highest BCUT2D eigenvalue weighted by Gasteiger charge is 2.31. The number of fused-ring (bicyclic) bond motifs is 1. The van der Waals surface area contributed by atoms with Gasteiger partial charge in [-0.15, -0.1) is 10.2 Å². The van der Waals surface area contributed by atoms with E-state index in [0.717, 1.165) is 62.9 Å². The zero-order valence-electron chi connectivity index (χ0n) is 17.7. The van der Waals surface area contributed by atoms with Crippen molar-refractivity contribution in [3.8, 4) is 0 Å². The van der Waals surface area contributed by atoms with Gasteiger partial charge in [0.2, 0.25) is 5.91 Å². The van der Waals surface area contributed by atoms with Gasteiger partial charge in [-0.1, -0.05) is 25.7 Å². The van der Waals surface area contributed by atoms with Gasteiger partial charge in [0.1, 0.15) is 5.82 Å². The standard InChI is InChI=1S/C21H35N7O/c1-22-21(23-14-19-26-25-18-10-6-3-7-12-28(18)19)24-17-11-13-27(15-17)20(29)16-8-4-2-5-9-16/h16-17H,2-15H2,1H3,(H2,22,23,24). The lowest BCUT2D eigenvalue weighted by Crippen LogP contribution is -2.45. The van der Waals surface area contributed by atoms with Gasteiger partial charge in [-0.3, -0.25) is 9.79 Å². The number of carbonyl (C=O) groups is 1. The maximum absolute atomic E-state index is 12.8. The number of aromatic nitrogens is 3. The fourth-order valence-electron chi connectivity index (χ4n) is 4.91. The second kappa shape index (κ2) is 9.59. The molecule has 3 aliphatic rings. The lowest BCUT2D eigenvalue weighted by Gasteiger charge is -2.26. The summed E-state index contributed by atoms with van der Waals surface area (Å²) in [6.07, 6.45) is 11.5. The van der Waals surface area contributed by atoms with E-state index in [2.05, 4.69) is 35.3 Å². The van der Waals surface area contributed by atoms with Crippen LogP contribution in [0.4, 0.5) is 0 Å². The van der Waals surface area contributed by atoms with Crippen molar-refractivity contribution in [3.63, 3.8) is 0 Å². The highest BCUT2D eigenvalue weighted by molar-refractivity contribution is 5.81. The summed E-state index contributed by atoms with van der Waals surface area (Å²) in [4.78, 5) is 19.2. The molecule has 0 bridgehead atoms.